The molecule has 4 nitrogen and oxygen atoms in total. The fourth-order valence-electron chi connectivity index (χ4n) is 1.99. The van der Waals surface area contributed by atoms with Gasteiger partial charge in [-0.05, 0) is 25.6 Å². The number of benzene rings is 1. The molecule has 0 aliphatic rings. The Morgan fingerprint density at radius 2 is 2.16 bits per heavy atom. The number of rotatable bonds is 4. The highest BCUT2D eigenvalue weighted by atomic mass is 32.1. The van der Waals surface area contributed by atoms with Crippen molar-refractivity contribution >= 4 is 22.3 Å². The van der Waals surface area contributed by atoms with Gasteiger partial charge in [-0.15, -0.1) is 10.2 Å². The molecule has 1 N–H and O–H groups in total. The highest BCUT2D eigenvalue weighted by Crippen LogP contribution is 2.31. The van der Waals surface area contributed by atoms with Gasteiger partial charge < -0.3 is 9.73 Å². The SMILES string of the molecule is CCNC(C)c1nnc(-c2cc3ccccc3o2)s1. The van der Waals surface area contributed by atoms with Crippen LogP contribution in [0.5, 0.6) is 0 Å². The summed E-state index contributed by atoms with van der Waals surface area (Å²) < 4.78 is 5.79. The summed E-state index contributed by atoms with van der Waals surface area (Å²) in [6.07, 6.45) is 0. The van der Waals surface area contributed by atoms with Crippen LogP contribution >= 0.6 is 11.3 Å². The fraction of sp³-hybridized carbons (Fsp3) is 0.286. The van der Waals surface area contributed by atoms with Gasteiger partial charge >= 0.3 is 0 Å². The van der Waals surface area contributed by atoms with Crippen LogP contribution in [0, 0.1) is 0 Å². The van der Waals surface area contributed by atoms with Crippen LogP contribution in [0.15, 0.2) is 34.7 Å². The summed E-state index contributed by atoms with van der Waals surface area (Å²) in [6.45, 7) is 5.09. The number of aromatic nitrogens is 2. The maximum Gasteiger partial charge on any atom is 0.183 e. The maximum atomic E-state index is 5.79. The van der Waals surface area contributed by atoms with E-state index in [0.717, 1.165) is 33.3 Å². The van der Waals surface area contributed by atoms with E-state index in [9.17, 15) is 0 Å². The summed E-state index contributed by atoms with van der Waals surface area (Å²) in [7, 11) is 0. The number of hydrogen-bond donors (Lipinski definition) is 1. The van der Waals surface area contributed by atoms with Crippen molar-refractivity contribution in [3.8, 4) is 10.8 Å². The smallest absolute Gasteiger partial charge is 0.183 e. The zero-order valence-corrected chi connectivity index (χ0v) is 11.7. The molecule has 0 amide bonds. The van der Waals surface area contributed by atoms with Crippen LogP contribution < -0.4 is 5.32 Å². The molecule has 1 aromatic carbocycles. The minimum Gasteiger partial charge on any atom is -0.453 e. The van der Waals surface area contributed by atoms with Gasteiger partial charge in [0.1, 0.15) is 10.6 Å². The average Bonchev–Trinajstić information content (AvgIpc) is 3.05. The number of furan rings is 1. The van der Waals surface area contributed by atoms with Gasteiger partial charge in [0.05, 0.1) is 6.04 Å². The van der Waals surface area contributed by atoms with E-state index in [1.165, 1.54) is 0 Å². The van der Waals surface area contributed by atoms with Crippen molar-refractivity contribution in [2.75, 3.05) is 6.54 Å². The Labute approximate surface area is 115 Å². The van der Waals surface area contributed by atoms with Gasteiger partial charge in [-0.1, -0.05) is 36.5 Å². The van der Waals surface area contributed by atoms with Gasteiger partial charge in [-0.25, -0.2) is 0 Å². The molecule has 2 heterocycles. The third-order valence-corrected chi connectivity index (χ3v) is 4.08. The Morgan fingerprint density at radius 3 is 2.95 bits per heavy atom. The molecule has 19 heavy (non-hydrogen) atoms. The third kappa shape index (κ3) is 2.39. The van der Waals surface area contributed by atoms with Gasteiger partial charge in [-0.2, -0.15) is 0 Å². The molecule has 3 aromatic rings. The Hall–Kier alpha value is -1.72. The second-order valence-corrected chi connectivity index (χ2v) is 5.38. The zero-order chi connectivity index (χ0) is 13.2. The third-order valence-electron chi connectivity index (χ3n) is 2.96. The monoisotopic (exact) mass is 273 g/mol. The van der Waals surface area contributed by atoms with Gasteiger partial charge in [0.15, 0.2) is 10.8 Å². The van der Waals surface area contributed by atoms with Gasteiger partial charge in [0.25, 0.3) is 0 Å². The van der Waals surface area contributed by atoms with E-state index in [-0.39, 0.29) is 6.04 Å². The molecule has 0 saturated heterocycles. The van der Waals surface area contributed by atoms with Gasteiger partial charge in [0, 0.05) is 5.39 Å². The molecular formula is C14H15N3OS. The number of hydrogen-bond acceptors (Lipinski definition) is 5. The van der Waals surface area contributed by atoms with Crippen LogP contribution in [0.25, 0.3) is 21.7 Å². The van der Waals surface area contributed by atoms with Crippen molar-refractivity contribution in [2.45, 2.75) is 19.9 Å². The summed E-state index contributed by atoms with van der Waals surface area (Å²) in [5.41, 5.74) is 0.883. The highest BCUT2D eigenvalue weighted by Gasteiger charge is 2.14. The molecule has 98 valence electrons. The molecule has 2 aromatic heterocycles. The van der Waals surface area contributed by atoms with Crippen LogP contribution in [0.3, 0.4) is 0 Å². The van der Waals surface area contributed by atoms with E-state index in [4.69, 9.17) is 4.42 Å². The lowest BCUT2D eigenvalue weighted by Gasteiger charge is -2.06. The number of fused-ring (bicyclic) bond motifs is 1. The molecule has 0 spiro atoms. The normalized spacial score (nSPS) is 12.9. The average molecular weight is 273 g/mol. The first-order chi connectivity index (χ1) is 9.28. The van der Waals surface area contributed by atoms with Crippen molar-refractivity contribution in [2.24, 2.45) is 0 Å². The van der Waals surface area contributed by atoms with E-state index in [1.807, 2.05) is 30.3 Å². The molecule has 0 bridgehead atoms. The largest absolute Gasteiger partial charge is 0.453 e. The van der Waals surface area contributed by atoms with Crippen LogP contribution in [-0.4, -0.2) is 16.7 Å². The van der Waals surface area contributed by atoms with E-state index in [2.05, 4.69) is 29.4 Å². The summed E-state index contributed by atoms with van der Waals surface area (Å²) in [4.78, 5) is 0. The van der Waals surface area contributed by atoms with Crippen molar-refractivity contribution in [1.29, 1.82) is 0 Å². The molecule has 3 rings (SSSR count). The molecular weight excluding hydrogens is 258 g/mol. The minimum absolute atomic E-state index is 0.223. The zero-order valence-electron chi connectivity index (χ0n) is 10.9. The predicted molar refractivity (Wildman–Crippen MR) is 77.2 cm³/mol. The lowest BCUT2D eigenvalue weighted by Crippen LogP contribution is -2.17. The fourth-order valence-corrected chi connectivity index (χ4v) is 2.81. The van der Waals surface area contributed by atoms with Gasteiger partial charge in [0.2, 0.25) is 0 Å². The van der Waals surface area contributed by atoms with Crippen molar-refractivity contribution in [1.82, 2.24) is 15.5 Å². The van der Waals surface area contributed by atoms with Crippen LogP contribution in [0.1, 0.15) is 24.9 Å². The predicted octanol–water partition coefficient (Wildman–Crippen LogP) is 3.62. The van der Waals surface area contributed by atoms with E-state index < -0.39 is 0 Å². The topological polar surface area (TPSA) is 51.0 Å². The lowest BCUT2D eigenvalue weighted by atomic mass is 10.2. The molecule has 0 saturated carbocycles. The van der Waals surface area contributed by atoms with Gasteiger partial charge in [-0.3, -0.25) is 0 Å². The van der Waals surface area contributed by atoms with E-state index >= 15 is 0 Å². The first-order valence-corrected chi connectivity index (χ1v) is 7.15. The van der Waals surface area contributed by atoms with Crippen LogP contribution in [-0.2, 0) is 0 Å². The summed E-state index contributed by atoms with van der Waals surface area (Å²) in [6, 6.07) is 10.2. The number of para-hydroxylation sites is 1. The standard InChI is InChI=1S/C14H15N3OS/c1-3-15-9(2)13-16-17-14(19-13)12-8-10-6-4-5-7-11(10)18-12/h4-9,15H,3H2,1-2H3. The summed E-state index contributed by atoms with van der Waals surface area (Å²) in [5.74, 6) is 0.786. The highest BCUT2D eigenvalue weighted by molar-refractivity contribution is 7.14. The van der Waals surface area contributed by atoms with Crippen molar-refractivity contribution in [3.63, 3.8) is 0 Å². The second-order valence-electron chi connectivity index (χ2n) is 4.37. The quantitative estimate of drug-likeness (QED) is 0.788. The first-order valence-electron chi connectivity index (χ1n) is 6.33. The van der Waals surface area contributed by atoms with Crippen LogP contribution in [0.4, 0.5) is 0 Å². The Kier molecular flexibility index (Phi) is 3.31. The lowest BCUT2D eigenvalue weighted by molar-refractivity contribution is 0.589. The number of nitrogens with zero attached hydrogens (tertiary/aromatic N) is 2. The molecule has 0 aliphatic heterocycles. The summed E-state index contributed by atoms with van der Waals surface area (Å²) in [5, 5.41) is 14.7. The Morgan fingerprint density at radius 1 is 1.32 bits per heavy atom. The summed E-state index contributed by atoms with van der Waals surface area (Å²) >= 11 is 1.57. The molecule has 1 atom stereocenters. The molecule has 0 radical (unpaired) electrons. The van der Waals surface area contributed by atoms with E-state index in [0.29, 0.717) is 0 Å². The molecule has 0 aliphatic carbocycles. The number of nitrogens with one attached hydrogen (secondary N) is 1. The van der Waals surface area contributed by atoms with Crippen LogP contribution in [0.2, 0.25) is 0 Å². The second kappa shape index (κ2) is 5.11. The minimum atomic E-state index is 0.223. The molecule has 1 unspecified atom stereocenters. The maximum absolute atomic E-state index is 5.79. The Bertz CT molecular complexity index is 656. The molecule has 5 heteroatoms. The van der Waals surface area contributed by atoms with Crippen molar-refractivity contribution < 1.29 is 4.42 Å². The van der Waals surface area contributed by atoms with Crippen molar-refractivity contribution in [3.05, 3.63) is 35.3 Å². The Balaban J connectivity index is 1.93. The molecule has 0 fully saturated rings. The first kappa shape index (κ1) is 12.3. The van der Waals surface area contributed by atoms with E-state index in [1.54, 1.807) is 11.3 Å².